The predicted octanol–water partition coefficient (Wildman–Crippen LogP) is 3.84. The quantitative estimate of drug-likeness (QED) is 0.786. The van der Waals surface area contributed by atoms with Crippen LogP contribution in [0.1, 0.15) is 49.7 Å². The molecule has 0 heterocycles. The zero-order valence-corrected chi connectivity index (χ0v) is 11.0. The summed E-state index contributed by atoms with van der Waals surface area (Å²) in [6.07, 6.45) is 9.93. The number of hydrogen-bond donors (Lipinski definition) is 1. The third-order valence-corrected chi connectivity index (χ3v) is 4.88. The normalized spacial score (nSPS) is 25.7. The smallest absolute Gasteiger partial charge is 0.127 e. The highest BCUT2D eigenvalue weighted by Crippen LogP contribution is 2.54. The molecule has 1 N–H and O–H groups in total. The van der Waals surface area contributed by atoms with Gasteiger partial charge in [0.1, 0.15) is 5.75 Å². The van der Waals surface area contributed by atoms with Gasteiger partial charge >= 0.3 is 0 Å². The van der Waals surface area contributed by atoms with E-state index < -0.39 is 0 Å². The predicted molar refractivity (Wildman–Crippen MR) is 74.4 cm³/mol. The first kappa shape index (κ1) is 11.8. The topological polar surface area (TPSA) is 32.6 Å². The van der Waals surface area contributed by atoms with Crippen molar-refractivity contribution in [1.29, 1.82) is 0 Å². The molecule has 2 heteroatoms. The zero-order chi connectivity index (χ0) is 12.6. The van der Waals surface area contributed by atoms with Gasteiger partial charge in [-0.25, -0.2) is 0 Å². The average Bonchev–Trinajstić information content (AvgIpc) is 2.85. The molecular formula is C16H21NO. The van der Waals surface area contributed by atoms with Crippen molar-refractivity contribution in [2.45, 2.75) is 51.5 Å². The maximum atomic E-state index is 9.97. The Balaban J connectivity index is 1.76. The second kappa shape index (κ2) is 4.42. The van der Waals surface area contributed by atoms with E-state index in [1.54, 1.807) is 0 Å². The number of phenolic OH excluding ortho intramolecular Hbond substituents is 1. The molecule has 0 bridgehead atoms. The van der Waals surface area contributed by atoms with Crippen LogP contribution in [0, 0.1) is 12.3 Å². The van der Waals surface area contributed by atoms with Gasteiger partial charge in [0.15, 0.2) is 0 Å². The summed E-state index contributed by atoms with van der Waals surface area (Å²) in [5, 5.41) is 9.97. The van der Waals surface area contributed by atoms with Crippen molar-refractivity contribution in [3.8, 4) is 5.75 Å². The fraction of sp³-hybridized carbons (Fsp3) is 0.562. The number of para-hydroxylation sites is 1. The fourth-order valence-electron chi connectivity index (χ4n) is 3.53. The summed E-state index contributed by atoms with van der Waals surface area (Å²) in [6, 6.07) is 6.34. The van der Waals surface area contributed by atoms with E-state index in [-0.39, 0.29) is 0 Å². The highest BCUT2D eigenvalue weighted by atomic mass is 16.3. The van der Waals surface area contributed by atoms with Crippen molar-refractivity contribution < 1.29 is 5.11 Å². The van der Waals surface area contributed by atoms with E-state index in [1.807, 2.05) is 31.3 Å². The second-order valence-corrected chi connectivity index (χ2v) is 5.91. The van der Waals surface area contributed by atoms with Crippen LogP contribution in [0.25, 0.3) is 0 Å². The maximum Gasteiger partial charge on any atom is 0.127 e. The van der Waals surface area contributed by atoms with Gasteiger partial charge in [-0.3, -0.25) is 4.99 Å². The Bertz CT molecular complexity index is 472. The maximum absolute atomic E-state index is 9.97. The first-order valence-corrected chi connectivity index (χ1v) is 7.03. The third-order valence-electron chi connectivity index (χ3n) is 4.88. The number of rotatable bonds is 2. The Morgan fingerprint density at radius 3 is 2.72 bits per heavy atom. The average molecular weight is 243 g/mol. The van der Waals surface area contributed by atoms with Crippen molar-refractivity contribution in [1.82, 2.24) is 0 Å². The standard InChI is InChI=1S/C16H21NO/c1-12-5-4-6-13(15(12)18)11-17-14-7-10-16(14)8-2-3-9-16/h4-6,11,14,18H,2-3,7-10H2,1H3. The molecule has 0 aromatic heterocycles. The number of aromatic hydroxyl groups is 1. The number of hydrogen-bond acceptors (Lipinski definition) is 2. The van der Waals surface area contributed by atoms with Crippen LogP contribution < -0.4 is 0 Å². The first-order chi connectivity index (χ1) is 8.71. The van der Waals surface area contributed by atoms with Crippen LogP contribution in [-0.2, 0) is 0 Å². The van der Waals surface area contributed by atoms with Gasteiger partial charge in [0, 0.05) is 11.8 Å². The molecule has 0 saturated heterocycles. The monoisotopic (exact) mass is 243 g/mol. The van der Waals surface area contributed by atoms with Crippen molar-refractivity contribution >= 4 is 6.21 Å². The van der Waals surface area contributed by atoms with Crippen molar-refractivity contribution in [2.75, 3.05) is 0 Å². The van der Waals surface area contributed by atoms with Crippen molar-refractivity contribution in [3.63, 3.8) is 0 Å². The summed E-state index contributed by atoms with van der Waals surface area (Å²) in [4.78, 5) is 4.75. The lowest BCUT2D eigenvalue weighted by Crippen LogP contribution is -2.41. The summed E-state index contributed by atoms with van der Waals surface area (Å²) >= 11 is 0. The molecule has 0 amide bonds. The van der Waals surface area contributed by atoms with Crippen LogP contribution in [0.2, 0.25) is 0 Å². The van der Waals surface area contributed by atoms with Crippen LogP contribution in [0.15, 0.2) is 23.2 Å². The van der Waals surface area contributed by atoms with E-state index in [4.69, 9.17) is 4.99 Å². The molecule has 2 nitrogen and oxygen atoms in total. The molecule has 1 spiro atoms. The molecule has 96 valence electrons. The van der Waals surface area contributed by atoms with E-state index in [0.717, 1.165) is 11.1 Å². The molecule has 0 radical (unpaired) electrons. The van der Waals surface area contributed by atoms with E-state index in [2.05, 4.69) is 0 Å². The molecule has 0 aliphatic heterocycles. The minimum Gasteiger partial charge on any atom is -0.507 e. The van der Waals surface area contributed by atoms with Gasteiger partial charge in [-0.2, -0.15) is 0 Å². The summed E-state index contributed by atoms with van der Waals surface area (Å²) in [5.41, 5.74) is 2.30. The van der Waals surface area contributed by atoms with Crippen LogP contribution in [-0.4, -0.2) is 17.4 Å². The molecule has 18 heavy (non-hydrogen) atoms. The largest absolute Gasteiger partial charge is 0.507 e. The zero-order valence-electron chi connectivity index (χ0n) is 11.0. The number of phenols is 1. The number of aliphatic imine (C=N–C) groups is 1. The van der Waals surface area contributed by atoms with E-state index in [0.29, 0.717) is 17.2 Å². The lowest BCUT2D eigenvalue weighted by molar-refractivity contribution is 0.105. The van der Waals surface area contributed by atoms with Crippen molar-refractivity contribution in [2.24, 2.45) is 10.4 Å². The van der Waals surface area contributed by atoms with Crippen LogP contribution in [0.5, 0.6) is 5.75 Å². The molecule has 2 aliphatic carbocycles. The molecule has 2 aliphatic rings. The van der Waals surface area contributed by atoms with E-state index in [9.17, 15) is 5.11 Å². The third kappa shape index (κ3) is 1.84. The van der Waals surface area contributed by atoms with Crippen LogP contribution in [0.4, 0.5) is 0 Å². The molecule has 1 atom stereocenters. The van der Waals surface area contributed by atoms with E-state index >= 15 is 0 Å². The fourth-order valence-corrected chi connectivity index (χ4v) is 3.53. The summed E-state index contributed by atoms with van der Waals surface area (Å²) in [5.74, 6) is 0.376. The Kier molecular flexibility index (Phi) is 2.89. The molecule has 2 saturated carbocycles. The SMILES string of the molecule is Cc1cccc(C=NC2CCC23CCCC3)c1O. The van der Waals surface area contributed by atoms with Gasteiger partial charge in [0.25, 0.3) is 0 Å². The second-order valence-electron chi connectivity index (χ2n) is 5.91. The first-order valence-electron chi connectivity index (χ1n) is 7.03. The minimum absolute atomic E-state index is 0.376. The number of benzene rings is 1. The minimum atomic E-state index is 0.376. The van der Waals surface area contributed by atoms with Gasteiger partial charge < -0.3 is 5.11 Å². The summed E-state index contributed by atoms with van der Waals surface area (Å²) in [6.45, 7) is 1.93. The lowest BCUT2D eigenvalue weighted by atomic mass is 9.63. The number of nitrogens with zero attached hydrogens (tertiary/aromatic N) is 1. The van der Waals surface area contributed by atoms with Gasteiger partial charge in [-0.1, -0.05) is 25.0 Å². The molecular weight excluding hydrogens is 222 g/mol. The summed E-state index contributed by atoms with van der Waals surface area (Å²) in [7, 11) is 0. The highest BCUT2D eigenvalue weighted by molar-refractivity contribution is 5.84. The van der Waals surface area contributed by atoms with E-state index in [1.165, 1.54) is 38.5 Å². The van der Waals surface area contributed by atoms with Gasteiger partial charge in [0.2, 0.25) is 0 Å². The molecule has 1 aromatic rings. The van der Waals surface area contributed by atoms with Gasteiger partial charge in [-0.05, 0) is 49.7 Å². The van der Waals surface area contributed by atoms with Crippen LogP contribution in [0.3, 0.4) is 0 Å². The summed E-state index contributed by atoms with van der Waals surface area (Å²) < 4.78 is 0. The number of aryl methyl sites for hydroxylation is 1. The Morgan fingerprint density at radius 1 is 1.28 bits per heavy atom. The van der Waals surface area contributed by atoms with Crippen molar-refractivity contribution in [3.05, 3.63) is 29.3 Å². The highest BCUT2D eigenvalue weighted by Gasteiger charge is 2.47. The molecule has 2 fully saturated rings. The Hall–Kier alpha value is -1.31. The van der Waals surface area contributed by atoms with Gasteiger partial charge in [0.05, 0.1) is 6.04 Å². The Morgan fingerprint density at radius 2 is 2.06 bits per heavy atom. The van der Waals surface area contributed by atoms with Gasteiger partial charge in [-0.15, -0.1) is 0 Å². The lowest BCUT2D eigenvalue weighted by Gasteiger charge is -2.45. The van der Waals surface area contributed by atoms with Crippen LogP contribution >= 0.6 is 0 Å². The molecule has 1 aromatic carbocycles. The molecule has 3 rings (SSSR count). The molecule has 1 unspecified atom stereocenters. The Labute approximate surface area is 109 Å².